The Morgan fingerprint density at radius 2 is 2.17 bits per heavy atom. The van der Waals surface area contributed by atoms with Gasteiger partial charge < -0.3 is 10.6 Å². The first-order chi connectivity index (χ1) is 8.72. The number of benzene rings is 1. The van der Waals surface area contributed by atoms with Gasteiger partial charge in [-0.15, -0.1) is 0 Å². The highest BCUT2D eigenvalue weighted by Gasteiger charge is 2.18. The van der Waals surface area contributed by atoms with Crippen molar-refractivity contribution in [3.8, 4) is 0 Å². The van der Waals surface area contributed by atoms with Gasteiger partial charge in [-0.25, -0.2) is 4.98 Å². The lowest BCUT2D eigenvalue weighted by atomic mass is 10.1. The Morgan fingerprint density at radius 3 is 2.94 bits per heavy atom. The maximum absolute atomic E-state index is 12.0. The number of hydrogen-bond acceptors (Lipinski definition) is 4. The first-order valence-electron chi connectivity index (χ1n) is 6.15. The minimum Gasteiger partial charge on any atom is -0.375 e. The summed E-state index contributed by atoms with van der Waals surface area (Å²) < 4.78 is 1.05. The first kappa shape index (κ1) is 11.5. The monoisotopic (exact) mass is 261 g/mol. The lowest BCUT2D eigenvalue weighted by Crippen LogP contribution is -2.28. The van der Waals surface area contributed by atoms with E-state index in [-0.39, 0.29) is 5.91 Å². The van der Waals surface area contributed by atoms with Crippen LogP contribution in [-0.4, -0.2) is 28.9 Å². The van der Waals surface area contributed by atoms with Crippen LogP contribution in [0.15, 0.2) is 18.2 Å². The van der Waals surface area contributed by atoms with Gasteiger partial charge in [0.05, 0.1) is 16.6 Å². The molecule has 1 amide bonds. The average molecular weight is 261 g/mol. The van der Waals surface area contributed by atoms with Gasteiger partial charge in [-0.2, -0.15) is 0 Å². The van der Waals surface area contributed by atoms with E-state index in [1.807, 2.05) is 23.1 Å². The largest absolute Gasteiger partial charge is 0.375 e. The summed E-state index contributed by atoms with van der Waals surface area (Å²) in [6.07, 6.45) is 2.75. The van der Waals surface area contributed by atoms with Gasteiger partial charge in [0, 0.05) is 13.1 Å². The molecule has 2 aromatic rings. The molecule has 1 aromatic heterocycles. The predicted molar refractivity (Wildman–Crippen MR) is 73.6 cm³/mol. The number of aromatic nitrogens is 1. The third-order valence-electron chi connectivity index (χ3n) is 3.28. The fraction of sp³-hybridized carbons (Fsp3) is 0.385. The molecule has 1 aliphatic rings. The molecule has 18 heavy (non-hydrogen) atoms. The second kappa shape index (κ2) is 4.57. The number of fused-ring (bicyclic) bond motifs is 1. The van der Waals surface area contributed by atoms with Gasteiger partial charge in [0.2, 0.25) is 5.91 Å². The normalized spacial score (nSPS) is 15.4. The number of anilines is 1. The van der Waals surface area contributed by atoms with Crippen molar-refractivity contribution in [2.75, 3.05) is 18.8 Å². The molecule has 1 aromatic carbocycles. The zero-order valence-electron chi connectivity index (χ0n) is 10.1. The van der Waals surface area contributed by atoms with Crippen LogP contribution in [0.4, 0.5) is 5.13 Å². The lowest BCUT2D eigenvalue weighted by Gasteiger charge is -2.14. The number of nitrogen functional groups attached to an aromatic ring is 1. The van der Waals surface area contributed by atoms with E-state index in [1.165, 1.54) is 11.3 Å². The van der Waals surface area contributed by atoms with E-state index >= 15 is 0 Å². The number of amides is 1. The third-order valence-corrected chi connectivity index (χ3v) is 4.13. The Labute approximate surface area is 109 Å². The molecule has 0 atom stereocenters. The van der Waals surface area contributed by atoms with Gasteiger partial charge in [-0.05, 0) is 30.5 Å². The lowest BCUT2D eigenvalue weighted by molar-refractivity contribution is -0.129. The molecule has 2 N–H and O–H groups in total. The Morgan fingerprint density at radius 1 is 1.39 bits per heavy atom. The summed E-state index contributed by atoms with van der Waals surface area (Å²) in [6, 6.07) is 5.93. The van der Waals surface area contributed by atoms with E-state index in [9.17, 15) is 4.79 Å². The van der Waals surface area contributed by atoms with Crippen molar-refractivity contribution in [3.63, 3.8) is 0 Å². The summed E-state index contributed by atoms with van der Waals surface area (Å²) in [5.41, 5.74) is 7.63. The molecular weight excluding hydrogens is 246 g/mol. The smallest absolute Gasteiger partial charge is 0.226 e. The molecule has 5 heteroatoms. The zero-order valence-corrected chi connectivity index (χ0v) is 10.9. The minimum absolute atomic E-state index is 0.226. The van der Waals surface area contributed by atoms with E-state index < -0.39 is 0 Å². The van der Waals surface area contributed by atoms with Crippen LogP contribution in [0.1, 0.15) is 18.4 Å². The number of nitrogens with zero attached hydrogens (tertiary/aromatic N) is 2. The molecule has 94 valence electrons. The van der Waals surface area contributed by atoms with Crippen molar-refractivity contribution in [2.45, 2.75) is 19.3 Å². The summed E-state index contributed by atoms with van der Waals surface area (Å²) in [4.78, 5) is 18.2. The summed E-state index contributed by atoms with van der Waals surface area (Å²) >= 11 is 1.47. The van der Waals surface area contributed by atoms with Crippen molar-refractivity contribution < 1.29 is 4.79 Å². The molecule has 0 spiro atoms. The van der Waals surface area contributed by atoms with E-state index in [2.05, 4.69) is 4.98 Å². The Hall–Kier alpha value is -1.62. The van der Waals surface area contributed by atoms with Crippen LogP contribution in [0.2, 0.25) is 0 Å². The minimum atomic E-state index is 0.226. The zero-order chi connectivity index (χ0) is 12.5. The highest BCUT2D eigenvalue weighted by molar-refractivity contribution is 7.22. The SMILES string of the molecule is Nc1nc2ccc(CC(=O)N3CCCC3)cc2s1. The number of nitrogens with two attached hydrogens (primary N) is 1. The van der Waals surface area contributed by atoms with Crippen LogP contribution in [0.5, 0.6) is 0 Å². The van der Waals surface area contributed by atoms with Crippen LogP contribution in [0.3, 0.4) is 0 Å². The Bertz CT molecular complexity index is 587. The second-order valence-corrected chi connectivity index (χ2v) is 5.68. The van der Waals surface area contributed by atoms with E-state index in [0.29, 0.717) is 11.6 Å². The molecule has 2 heterocycles. The van der Waals surface area contributed by atoms with Crippen molar-refractivity contribution in [1.82, 2.24) is 9.88 Å². The molecule has 0 radical (unpaired) electrons. The van der Waals surface area contributed by atoms with Gasteiger partial charge in [0.1, 0.15) is 0 Å². The molecule has 0 aliphatic carbocycles. The molecule has 0 saturated carbocycles. The van der Waals surface area contributed by atoms with Crippen molar-refractivity contribution in [1.29, 1.82) is 0 Å². The van der Waals surface area contributed by atoms with Crippen LogP contribution >= 0.6 is 11.3 Å². The van der Waals surface area contributed by atoms with Gasteiger partial charge in [-0.1, -0.05) is 17.4 Å². The fourth-order valence-electron chi connectivity index (χ4n) is 2.35. The number of carbonyl (C=O) groups is 1. The number of rotatable bonds is 2. The highest BCUT2D eigenvalue weighted by atomic mass is 32.1. The van der Waals surface area contributed by atoms with Crippen LogP contribution < -0.4 is 5.73 Å². The molecule has 3 rings (SSSR count). The van der Waals surface area contributed by atoms with Gasteiger partial charge in [0.15, 0.2) is 5.13 Å². The maximum atomic E-state index is 12.0. The quantitative estimate of drug-likeness (QED) is 0.900. The van der Waals surface area contributed by atoms with Gasteiger partial charge >= 0.3 is 0 Å². The van der Waals surface area contributed by atoms with E-state index in [1.54, 1.807) is 0 Å². The molecule has 1 aliphatic heterocycles. The Kier molecular flexibility index (Phi) is 2.91. The summed E-state index contributed by atoms with van der Waals surface area (Å²) in [5.74, 6) is 0.226. The molecule has 0 unspecified atom stereocenters. The summed E-state index contributed by atoms with van der Waals surface area (Å²) in [7, 11) is 0. The van der Waals surface area contributed by atoms with Crippen LogP contribution in [-0.2, 0) is 11.2 Å². The third kappa shape index (κ3) is 2.18. The molecule has 1 fully saturated rings. The highest BCUT2D eigenvalue weighted by Crippen LogP contribution is 2.25. The van der Waals surface area contributed by atoms with E-state index in [0.717, 1.165) is 41.7 Å². The predicted octanol–water partition coefficient (Wildman–Crippen LogP) is 2.04. The van der Waals surface area contributed by atoms with Gasteiger partial charge in [-0.3, -0.25) is 4.79 Å². The van der Waals surface area contributed by atoms with E-state index in [4.69, 9.17) is 5.73 Å². The van der Waals surface area contributed by atoms with Crippen LogP contribution in [0, 0.1) is 0 Å². The first-order valence-corrected chi connectivity index (χ1v) is 6.97. The molecule has 1 saturated heterocycles. The fourth-order valence-corrected chi connectivity index (χ4v) is 3.15. The Balaban J connectivity index is 1.79. The maximum Gasteiger partial charge on any atom is 0.226 e. The second-order valence-electron chi connectivity index (χ2n) is 4.62. The van der Waals surface area contributed by atoms with Crippen LogP contribution in [0.25, 0.3) is 10.2 Å². The van der Waals surface area contributed by atoms with Crippen molar-refractivity contribution >= 4 is 32.6 Å². The van der Waals surface area contributed by atoms with Gasteiger partial charge in [0.25, 0.3) is 0 Å². The topological polar surface area (TPSA) is 59.2 Å². The standard InChI is InChI=1S/C13H15N3OS/c14-13-15-10-4-3-9(7-11(10)18-13)8-12(17)16-5-1-2-6-16/h3-4,7H,1-2,5-6,8H2,(H2,14,15). The summed E-state index contributed by atoms with van der Waals surface area (Å²) in [5, 5.41) is 0.577. The molecule has 4 nitrogen and oxygen atoms in total. The van der Waals surface area contributed by atoms with Crippen molar-refractivity contribution in [3.05, 3.63) is 23.8 Å². The average Bonchev–Trinajstić information content (AvgIpc) is 2.95. The number of carbonyl (C=O) groups excluding carboxylic acids is 1. The van der Waals surface area contributed by atoms with Crippen molar-refractivity contribution in [2.24, 2.45) is 0 Å². The number of likely N-dealkylation sites (tertiary alicyclic amines) is 1. The number of hydrogen-bond donors (Lipinski definition) is 1. The summed E-state index contributed by atoms with van der Waals surface area (Å²) in [6.45, 7) is 1.82. The molecule has 0 bridgehead atoms. The number of thiazole rings is 1. The molecular formula is C13H15N3OS.